The molecule has 7 nitrogen and oxygen atoms in total. The van der Waals surface area contributed by atoms with Gasteiger partial charge >= 0.3 is 11.9 Å². The van der Waals surface area contributed by atoms with Gasteiger partial charge in [0.05, 0.1) is 20.1 Å². The molecular formula is C39H37NO6. The quantitative estimate of drug-likeness (QED) is 0.158. The average molecular weight is 616 g/mol. The fourth-order valence-electron chi connectivity index (χ4n) is 5.59. The Morgan fingerprint density at radius 1 is 0.804 bits per heavy atom. The Balaban J connectivity index is 1.17. The number of hydrogen-bond donors (Lipinski definition) is 1. The first-order valence-electron chi connectivity index (χ1n) is 15.4. The lowest BCUT2D eigenvalue weighted by Gasteiger charge is -2.23. The molecule has 0 bridgehead atoms. The van der Waals surface area contributed by atoms with Crippen molar-refractivity contribution in [1.29, 1.82) is 0 Å². The molecule has 0 saturated heterocycles. The molecule has 5 rings (SSSR count). The van der Waals surface area contributed by atoms with E-state index >= 15 is 0 Å². The summed E-state index contributed by atoms with van der Waals surface area (Å²) in [5.74, 6) is 4.03. The minimum atomic E-state index is -1.04. The van der Waals surface area contributed by atoms with Crippen LogP contribution in [0, 0.1) is 17.8 Å². The molecule has 0 unspecified atom stereocenters. The van der Waals surface area contributed by atoms with Gasteiger partial charge in [0.1, 0.15) is 12.6 Å². The number of carbonyl (C=O) groups is 3. The maximum atomic E-state index is 13.1. The van der Waals surface area contributed by atoms with Crippen molar-refractivity contribution in [2.75, 3.05) is 20.3 Å². The molecule has 1 aliphatic rings. The highest BCUT2D eigenvalue weighted by molar-refractivity contribution is 5.97. The summed E-state index contributed by atoms with van der Waals surface area (Å²) in [4.78, 5) is 38.8. The Morgan fingerprint density at radius 2 is 1.37 bits per heavy atom. The number of rotatable bonds is 11. The zero-order chi connectivity index (χ0) is 32.5. The van der Waals surface area contributed by atoms with E-state index in [0.29, 0.717) is 18.8 Å². The number of hydrogen-bond acceptors (Lipinski definition) is 6. The van der Waals surface area contributed by atoms with Crippen LogP contribution < -0.4 is 5.32 Å². The molecule has 0 fully saturated rings. The summed E-state index contributed by atoms with van der Waals surface area (Å²) in [5.41, 5.74) is 7.57. The lowest BCUT2D eigenvalue weighted by molar-refractivity contribution is -0.147. The first-order chi connectivity index (χ1) is 22.4. The monoisotopic (exact) mass is 615 g/mol. The smallest absolute Gasteiger partial charge is 0.328 e. The van der Waals surface area contributed by atoms with E-state index in [1.807, 2.05) is 55.5 Å². The highest BCUT2D eigenvalue weighted by Gasteiger charge is 2.32. The first-order valence-corrected chi connectivity index (χ1v) is 15.4. The van der Waals surface area contributed by atoms with Crippen molar-refractivity contribution in [3.63, 3.8) is 0 Å². The summed E-state index contributed by atoms with van der Waals surface area (Å²) in [6.07, 6.45) is -0.0722. The zero-order valence-electron chi connectivity index (χ0n) is 26.2. The van der Waals surface area contributed by atoms with Crippen molar-refractivity contribution in [3.8, 4) is 23.0 Å². The van der Waals surface area contributed by atoms with Gasteiger partial charge in [0.15, 0.2) is 0 Å². The molecule has 0 aromatic heterocycles. The highest BCUT2D eigenvalue weighted by Crippen LogP contribution is 2.44. The maximum Gasteiger partial charge on any atom is 0.328 e. The third kappa shape index (κ3) is 7.71. The average Bonchev–Trinajstić information content (AvgIpc) is 3.41. The molecular weight excluding hydrogens is 578 g/mol. The molecule has 1 N–H and O–H groups in total. The van der Waals surface area contributed by atoms with E-state index in [0.717, 1.165) is 38.9 Å². The van der Waals surface area contributed by atoms with Crippen LogP contribution in [0.3, 0.4) is 0 Å². The van der Waals surface area contributed by atoms with Gasteiger partial charge in [-0.2, -0.15) is 0 Å². The third-order valence-corrected chi connectivity index (χ3v) is 8.10. The van der Waals surface area contributed by atoms with E-state index in [2.05, 4.69) is 41.4 Å². The van der Waals surface area contributed by atoms with Crippen LogP contribution in [0.15, 0.2) is 97.1 Å². The minimum absolute atomic E-state index is 0.0679. The van der Waals surface area contributed by atoms with E-state index in [4.69, 9.17) is 14.2 Å². The van der Waals surface area contributed by atoms with E-state index in [1.165, 1.54) is 7.11 Å². The first kappa shape index (κ1) is 32.2. The topological polar surface area (TPSA) is 90.9 Å². The number of amides is 1. The van der Waals surface area contributed by atoms with Crippen molar-refractivity contribution in [2.45, 2.75) is 38.8 Å². The van der Waals surface area contributed by atoms with Gasteiger partial charge in [-0.1, -0.05) is 79.4 Å². The second-order valence-corrected chi connectivity index (χ2v) is 11.2. The summed E-state index contributed by atoms with van der Waals surface area (Å²) < 4.78 is 16.1. The molecule has 46 heavy (non-hydrogen) atoms. The van der Waals surface area contributed by atoms with Crippen LogP contribution in [-0.2, 0) is 30.4 Å². The molecule has 0 aliphatic heterocycles. The van der Waals surface area contributed by atoms with Gasteiger partial charge in [0.2, 0.25) is 0 Å². The highest BCUT2D eigenvalue weighted by atomic mass is 16.5. The van der Waals surface area contributed by atoms with Crippen LogP contribution in [0.4, 0.5) is 0 Å². The van der Waals surface area contributed by atoms with Crippen molar-refractivity contribution in [3.05, 3.63) is 130 Å². The van der Waals surface area contributed by atoms with E-state index in [-0.39, 0.29) is 18.9 Å². The summed E-state index contributed by atoms with van der Waals surface area (Å²) in [5, 5.41) is 2.74. The molecule has 2 atom stereocenters. The van der Waals surface area contributed by atoms with Crippen LogP contribution in [0.2, 0.25) is 0 Å². The minimum Gasteiger partial charge on any atom is -0.467 e. The Kier molecular flexibility index (Phi) is 10.6. The molecule has 0 saturated carbocycles. The Hall–Kier alpha value is -5.19. The van der Waals surface area contributed by atoms with Gasteiger partial charge in [-0.05, 0) is 77.1 Å². The van der Waals surface area contributed by atoms with Crippen LogP contribution in [-0.4, -0.2) is 44.2 Å². The molecule has 4 aromatic rings. The van der Waals surface area contributed by atoms with Crippen molar-refractivity contribution >= 4 is 17.8 Å². The van der Waals surface area contributed by atoms with Gasteiger partial charge in [-0.25, -0.2) is 4.79 Å². The van der Waals surface area contributed by atoms with E-state index < -0.39 is 29.8 Å². The predicted molar refractivity (Wildman–Crippen MR) is 176 cm³/mol. The SMILES string of the molecule is CCOCc1ccc(C#Cc2ccc(C(=O)N[C@H](C(=O)OC)[C@@H](C)CC(=O)OCC3c4ccccc4-c4ccccc43)cc2)cc1. The summed E-state index contributed by atoms with van der Waals surface area (Å²) in [6, 6.07) is 29.8. The largest absolute Gasteiger partial charge is 0.467 e. The number of methoxy groups -OCH3 is 1. The van der Waals surface area contributed by atoms with E-state index in [1.54, 1.807) is 31.2 Å². The van der Waals surface area contributed by atoms with Crippen LogP contribution in [0.1, 0.15) is 64.4 Å². The molecule has 0 radical (unpaired) electrons. The number of benzene rings is 4. The Labute approximate surface area is 269 Å². The van der Waals surface area contributed by atoms with Gasteiger partial charge < -0.3 is 19.5 Å². The third-order valence-electron chi connectivity index (χ3n) is 8.10. The van der Waals surface area contributed by atoms with Crippen molar-refractivity contribution in [2.24, 2.45) is 5.92 Å². The van der Waals surface area contributed by atoms with Gasteiger partial charge in [-0.3, -0.25) is 9.59 Å². The Morgan fingerprint density at radius 3 is 1.93 bits per heavy atom. The standard InChI is InChI=1S/C39H37NO6/c1-4-45-24-29-17-15-27(16-18-29)13-14-28-19-21-30(22-20-28)38(42)40-37(39(43)44-3)26(2)23-36(41)46-25-35-33-11-7-5-9-31(33)32-10-6-8-12-34(32)35/h5-12,15-22,26,35,37H,4,23-25H2,1-3H3,(H,40,42)/t26-,37-/m0/s1. The van der Waals surface area contributed by atoms with Gasteiger partial charge in [0, 0.05) is 29.2 Å². The predicted octanol–water partition coefficient (Wildman–Crippen LogP) is 6.28. The second-order valence-electron chi connectivity index (χ2n) is 11.2. The number of nitrogens with one attached hydrogen (secondary N) is 1. The molecule has 7 heteroatoms. The van der Waals surface area contributed by atoms with Crippen LogP contribution >= 0.6 is 0 Å². The Bertz CT molecular complexity index is 1700. The lowest BCUT2D eigenvalue weighted by Crippen LogP contribution is -2.46. The molecule has 234 valence electrons. The van der Waals surface area contributed by atoms with Crippen molar-refractivity contribution in [1.82, 2.24) is 5.32 Å². The second kappa shape index (κ2) is 15.2. The number of carbonyl (C=O) groups excluding carboxylic acids is 3. The molecule has 1 aliphatic carbocycles. The van der Waals surface area contributed by atoms with Crippen LogP contribution in [0.25, 0.3) is 11.1 Å². The molecule has 0 heterocycles. The summed E-state index contributed by atoms with van der Waals surface area (Å²) in [7, 11) is 1.25. The van der Waals surface area contributed by atoms with Crippen LogP contribution in [0.5, 0.6) is 0 Å². The molecule has 1 amide bonds. The summed E-state index contributed by atoms with van der Waals surface area (Å²) in [6.45, 7) is 5.09. The number of ether oxygens (including phenoxy) is 3. The summed E-state index contributed by atoms with van der Waals surface area (Å²) >= 11 is 0. The lowest BCUT2D eigenvalue weighted by atomic mass is 9.97. The van der Waals surface area contributed by atoms with Crippen molar-refractivity contribution < 1.29 is 28.6 Å². The van der Waals surface area contributed by atoms with Gasteiger partial charge in [0.25, 0.3) is 5.91 Å². The van der Waals surface area contributed by atoms with E-state index in [9.17, 15) is 14.4 Å². The molecule has 0 spiro atoms. The number of esters is 2. The zero-order valence-corrected chi connectivity index (χ0v) is 26.2. The number of fused-ring (bicyclic) bond motifs is 3. The normalized spacial score (nSPS) is 12.9. The maximum absolute atomic E-state index is 13.1. The van der Waals surface area contributed by atoms with Gasteiger partial charge in [-0.15, -0.1) is 0 Å². The fourth-order valence-corrected chi connectivity index (χ4v) is 5.59. The molecule has 4 aromatic carbocycles. The fraction of sp³-hybridized carbons (Fsp3) is 0.256.